The third-order valence-electron chi connectivity index (χ3n) is 5.91. The van der Waals surface area contributed by atoms with Gasteiger partial charge in [-0.25, -0.2) is 0 Å². The lowest BCUT2D eigenvalue weighted by Gasteiger charge is -2.13. The Balaban J connectivity index is 1.31. The molecule has 3 rings (SSSR count). The van der Waals surface area contributed by atoms with Gasteiger partial charge in [-0.1, -0.05) is 36.6 Å². The Morgan fingerprint density at radius 2 is 1.83 bits per heavy atom. The molecular formula is C25H35NO4. The van der Waals surface area contributed by atoms with Crippen LogP contribution in [0.25, 0.3) is 0 Å². The molecule has 0 radical (unpaired) electrons. The molecule has 2 aliphatic carbocycles. The van der Waals surface area contributed by atoms with Gasteiger partial charge in [0.1, 0.15) is 12.4 Å². The predicted molar refractivity (Wildman–Crippen MR) is 117 cm³/mol. The molecule has 0 heterocycles. The van der Waals surface area contributed by atoms with E-state index >= 15 is 0 Å². The van der Waals surface area contributed by atoms with Crippen LogP contribution in [0.15, 0.2) is 41.5 Å². The molecule has 1 aromatic rings. The van der Waals surface area contributed by atoms with Crippen LogP contribution >= 0.6 is 0 Å². The van der Waals surface area contributed by atoms with Gasteiger partial charge in [-0.2, -0.15) is 0 Å². The standard InChI is InChI=1S/C25H35NO4/c27-21(18-30-22-8-4-3-5-9-22)16-12-19-13-17-24(28)23(19)10-6-1-2-7-11-25(29)26-20-14-15-20/h3-5,8-9,20-21,27H,1-2,6-7,10-18H2,(H,26,29)/t21-/m1/s1. The van der Waals surface area contributed by atoms with E-state index in [2.05, 4.69) is 5.32 Å². The van der Waals surface area contributed by atoms with Gasteiger partial charge in [0.2, 0.25) is 5.91 Å². The van der Waals surface area contributed by atoms with Gasteiger partial charge in [-0.15, -0.1) is 0 Å². The van der Waals surface area contributed by atoms with Crippen molar-refractivity contribution in [3.05, 3.63) is 41.5 Å². The summed E-state index contributed by atoms with van der Waals surface area (Å²) in [5, 5.41) is 13.3. The largest absolute Gasteiger partial charge is 0.491 e. The number of ketones is 1. The van der Waals surface area contributed by atoms with Crippen LogP contribution in [0.1, 0.15) is 77.0 Å². The molecule has 0 spiro atoms. The minimum Gasteiger partial charge on any atom is -0.491 e. The van der Waals surface area contributed by atoms with E-state index in [1.165, 1.54) is 5.57 Å². The van der Waals surface area contributed by atoms with Crippen LogP contribution in [0, 0.1) is 0 Å². The Bertz CT molecular complexity index is 724. The molecule has 0 aliphatic heterocycles. The number of Topliss-reactive ketones (excluding diaryl/α,β-unsaturated/α-hetero) is 1. The molecule has 1 atom stereocenters. The van der Waals surface area contributed by atoms with Gasteiger partial charge < -0.3 is 15.2 Å². The summed E-state index contributed by atoms with van der Waals surface area (Å²) in [5.74, 6) is 1.23. The number of allylic oxidation sites excluding steroid dienone is 2. The van der Waals surface area contributed by atoms with E-state index in [1.54, 1.807) is 0 Å². The van der Waals surface area contributed by atoms with Crippen molar-refractivity contribution in [1.82, 2.24) is 5.32 Å². The summed E-state index contributed by atoms with van der Waals surface area (Å²) in [6.07, 6.45) is 10.0. The van der Waals surface area contributed by atoms with Crippen molar-refractivity contribution < 1.29 is 19.4 Å². The predicted octanol–water partition coefficient (Wildman–Crippen LogP) is 4.49. The van der Waals surface area contributed by atoms with Gasteiger partial charge in [-0.3, -0.25) is 9.59 Å². The fourth-order valence-electron chi connectivity index (χ4n) is 3.96. The molecule has 2 N–H and O–H groups in total. The number of hydrogen-bond acceptors (Lipinski definition) is 4. The van der Waals surface area contributed by atoms with E-state index in [9.17, 15) is 14.7 Å². The fourth-order valence-corrected chi connectivity index (χ4v) is 3.96. The maximum atomic E-state index is 12.3. The van der Waals surface area contributed by atoms with Gasteiger partial charge in [0.15, 0.2) is 5.78 Å². The molecule has 1 fully saturated rings. The average Bonchev–Trinajstić information content (AvgIpc) is 3.50. The van der Waals surface area contributed by atoms with Crippen LogP contribution in [0.3, 0.4) is 0 Å². The van der Waals surface area contributed by atoms with Crippen molar-refractivity contribution >= 4 is 11.7 Å². The SMILES string of the molecule is O=C(CCCCCCC1=C(CC[C@@H](O)COc2ccccc2)CCC1=O)NC1CC1. The van der Waals surface area contributed by atoms with Crippen molar-refractivity contribution in [1.29, 1.82) is 0 Å². The first-order chi connectivity index (χ1) is 14.6. The smallest absolute Gasteiger partial charge is 0.220 e. The van der Waals surface area contributed by atoms with E-state index in [4.69, 9.17) is 4.74 Å². The van der Waals surface area contributed by atoms with Crippen LogP contribution in [0.2, 0.25) is 0 Å². The Morgan fingerprint density at radius 1 is 1.07 bits per heavy atom. The second-order valence-corrected chi connectivity index (χ2v) is 8.58. The summed E-state index contributed by atoms with van der Waals surface area (Å²) in [7, 11) is 0. The topological polar surface area (TPSA) is 75.6 Å². The highest BCUT2D eigenvalue weighted by Crippen LogP contribution is 2.31. The molecule has 5 heteroatoms. The minimum atomic E-state index is -0.531. The van der Waals surface area contributed by atoms with E-state index in [0.29, 0.717) is 25.3 Å². The van der Waals surface area contributed by atoms with Crippen molar-refractivity contribution in [2.45, 2.75) is 89.2 Å². The summed E-state index contributed by atoms with van der Waals surface area (Å²) < 4.78 is 5.61. The van der Waals surface area contributed by atoms with Crippen LogP contribution in [0.4, 0.5) is 0 Å². The number of benzene rings is 1. The molecule has 164 valence electrons. The van der Waals surface area contributed by atoms with Crippen LogP contribution in [-0.2, 0) is 9.59 Å². The van der Waals surface area contributed by atoms with Crippen molar-refractivity contribution in [2.24, 2.45) is 0 Å². The average molecular weight is 414 g/mol. The van der Waals surface area contributed by atoms with E-state index in [0.717, 1.165) is 69.1 Å². The highest BCUT2D eigenvalue weighted by molar-refractivity contribution is 5.98. The van der Waals surface area contributed by atoms with Gasteiger partial charge in [0.25, 0.3) is 0 Å². The number of rotatable bonds is 14. The number of carbonyl (C=O) groups is 2. The monoisotopic (exact) mass is 413 g/mol. The fraction of sp³-hybridized carbons (Fsp3) is 0.600. The van der Waals surface area contributed by atoms with Crippen molar-refractivity contribution in [3.8, 4) is 5.75 Å². The molecule has 1 saturated carbocycles. The molecule has 2 aliphatic rings. The second-order valence-electron chi connectivity index (χ2n) is 8.58. The normalized spacial score (nSPS) is 17.3. The number of carbonyl (C=O) groups excluding carboxylic acids is 2. The molecule has 0 saturated heterocycles. The van der Waals surface area contributed by atoms with Gasteiger partial charge >= 0.3 is 0 Å². The molecule has 30 heavy (non-hydrogen) atoms. The number of ether oxygens (including phenoxy) is 1. The third-order valence-corrected chi connectivity index (χ3v) is 5.91. The molecule has 0 aromatic heterocycles. The minimum absolute atomic E-state index is 0.184. The van der Waals surface area contributed by atoms with E-state index in [1.807, 2.05) is 30.3 Å². The highest BCUT2D eigenvalue weighted by Gasteiger charge is 2.23. The summed E-state index contributed by atoms with van der Waals surface area (Å²) in [6.45, 7) is 0.273. The number of unbranched alkanes of at least 4 members (excludes halogenated alkanes) is 3. The molecule has 1 aromatic carbocycles. The summed E-state index contributed by atoms with van der Waals surface area (Å²) in [5.41, 5.74) is 2.22. The Morgan fingerprint density at radius 3 is 2.60 bits per heavy atom. The molecular weight excluding hydrogens is 378 g/mol. The summed E-state index contributed by atoms with van der Waals surface area (Å²) >= 11 is 0. The van der Waals surface area contributed by atoms with Crippen LogP contribution in [-0.4, -0.2) is 35.5 Å². The Kier molecular flexibility index (Phi) is 8.94. The lowest BCUT2D eigenvalue weighted by molar-refractivity contribution is -0.121. The highest BCUT2D eigenvalue weighted by atomic mass is 16.5. The number of aliphatic hydroxyl groups excluding tert-OH is 1. The molecule has 0 bridgehead atoms. The zero-order valence-corrected chi connectivity index (χ0v) is 17.9. The van der Waals surface area contributed by atoms with Gasteiger partial charge in [0, 0.05) is 18.9 Å². The van der Waals surface area contributed by atoms with Crippen molar-refractivity contribution in [2.75, 3.05) is 6.61 Å². The molecule has 5 nitrogen and oxygen atoms in total. The first kappa shape index (κ1) is 22.5. The molecule has 0 unspecified atom stereocenters. The zero-order valence-electron chi connectivity index (χ0n) is 17.9. The quantitative estimate of drug-likeness (QED) is 0.441. The van der Waals surface area contributed by atoms with Crippen LogP contribution in [0.5, 0.6) is 5.75 Å². The number of nitrogens with one attached hydrogen (secondary N) is 1. The van der Waals surface area contributed by atoms with Gasteiger partial charge in [-0.05, 0) is 69.1 Å². The number of aliphatic hydroxyl groups is 1. The lowest BCUT2D eigenvalue weighted by atomic mass is 9.98. The molecule has 1 amide bonds. The van der Waals surface area contributed by atoms with Crippen LogP contribution < -0.4 is 10.1 Å². The Labute approximate surface area is 179 Å². The third kappa shape index (κ3) is 7.94. The maximum absolute atomic E-state index is 12.3. The number of hydrogen-bond donors (Lipinski definition) is 2. The van der Waals surface area contributed by atoms with Gasteiger partial charge in [0.05, 0.1) is 6.10 Å². The first-order valence-corrected chi connectivity index (χ1v) is 11.5. The van der Waals surface area contributed by atoms with E-state index in [-0.39, 0.29) is 18.3 Å². The number of para-hydroxylation sites is 1. The Hall–Kier alpha value is -2.14. The summed E-state index contributed by atoms with van der Waals surface area (Å²) in [4.78, 5) is 23.9. The number of amides is 1. The van der Waals surface area contributed by atoms with E-state index < -0.39 is 6.10 Å². The second kappa shape index (κ2) is 11.9. The maximum Gasteiger partial charge on any atom is 0.220 e. The lowest BCUT2D eigenvalue weighted by Crippen LogP contribution is -2.24. The van der Waals surface area contributed by atoms with Crippen molar-refractivity contribution in [3.63, 3.8) is 0 Å². The first-order valence-electron chi connectivity index (χ1n) is 11.5. The zero-order chi connectivity index (χ0) is 21.2. The summed E-state index contributed by atoms with van der Waals surface area (Å²) in [6, 6.07) is 9.95.